The van der Waals surface area contributed by atoms with Crippen molar-refractivity contribution in [2.24, 2.45) is 5.92 Å². The van der Waals surface area contributed by atoms with E-state index in [0.29, 0.717) is 5.92 Å². The van der Waals surface area contributed by atoms with Gasteiger partial charge in [-0.2, -0.15) is 0 Å². The van der Waals surface area contributed by atoms with Crippen LogP contribution in [-0.4, -0.2) is 36.6 Å². The van der Waals surface area contributed by atoms with Crippen molar-refractivity contribution < 1.29 is 9.53 Å². The topological polar surface area (TPSA) is 29.5 Å². The summed E-state index contributed by atoms with van der Waals surface area (Å²) in [7, 11) is 1.59. The fraction of sp³-hybridized carbons (Fsp3) is 0.909. The van der Waals surface area contributed by atoms with Gasteiger partial charge in [-0.1, -0.05) is 6.92 Å². The zero-order valence-corrected chi connectivity index (χ0v) is 9.67. The van der Waals surface area contributed by atoms with Crippen molar-refractivity contribution in [3.05, 3.63) is 0 Å². The van der Waals surface area contributed by atoms with Crippen LogP contribution in [0.15, 0.2) is 0 Å². The molecule has 82 valence electrons. The van der Waals surface area contributed by atoms with Crippen LogP contribution in [0, 0.1) is 5.92 Å². The smallest absolute Gasteiger partial charge is 0.254 e. The Bertz CT molecular complexity index is 213. The number of hydrogen-bond donors (Lipinski definition) is 0. The maximum atomic E-state index is 12.0. The first kappa shape index (κ1) is 11.5. The van der Waals surface area contributed by atoms with Gasteiger partial charge in [0.05, 0.1) is 0 Å². The molecule has 14 heavy (non-hydrogen) atoms. The lowest BCUT2D eigenvalue weighted by molar-refractivity contribution is -0.152. The molecule has 0 radical (unpaired) electrons. The molecule has 0 spiro atoms. The minimum atomic E-state index is -0.670. The van der Waals surface area contributed by atoms with Crippen molar-refractivity contribution in [3.63, 3.8) is 0 Å². The fourth-order valence-electron chi connectivity index (χ4n) is 1.84. The Balaban J connectivity index is 2.60. The summed E-state index contributed by atoms with van der Waals surface area (Å²) in [6.45, 7) is 7.62. The third-order valence-electron chi connectivity index (χ3n) is 2.97. The molecular formula is C11H21NO2. The van der Waals surface area contributed by atoms with Crippen LogP contribution >= 0.6 is 0 Å². The van der Waals surface area contributed by atoms with Crippen LogP contribution in [0.4, 0.5) is 0 Å². The second kappa shape index (κ2) is 4.30. The van der Waals surface area contributed by atoms with Gasteiger partial charge >= 0.3 is 0 Å². The minimum Gasteiger partial charge on any atom is -0.369 e. The summed E-state index contributed by atoms with van der Waals surface area (Å²) in [5.74, 6) is 0.743. The lowest BCUT2D eigenvalue weighted by Crippen LogP contribution is -2.49. The van der Waals surface area contributed by atoms with E-state index in [4.69, 9.17) is 4.74 Å². The number of likely N-dealkylation sites (tertiary alicyclic amines) is 1. The van der Waals surface area contributed by atoms with Gasteiger partial charge in [0.15, 0.2) is 0 Å². The average molecular weight is 199 g/mol. The second-order valence-electron chi connectivity index (χ2n) is 4.71. The van der Waals surface area contributed by atoms with E-state index in [2.05, 4.69) is 6.92 Å². The molecule has 1 atom stereocenters. The lowest BCUT2D eigenvalue weighted by Gasteiger charge is -2.35. The Hall–Kier alpha value is -0.570. The van der Waals surface area contributed by atoms with Crippen LogP contribution in [0.1, 0.15) is 33.6 Å². The number of methoxy groups -OCH3 is 1. The molecule has 3 heteroatoms. The maximum Gasteiger partial charge on any atom is 0.254 e. The molecule has 0 bridgehead atoms. The average Bonchev–Trinajstić information content (AvgIpc) is 2.16. The number of carbonyl (C=O) groups is 1. The molecule has 1 heterocycles. The number of ether oxygens (including phenoxy) is 1. The third-order valence-corrected chi connectivity index (χ3v) is 2.97. The Morgan fingerprint density at radius 1 is 1.50 bits per heavy atom. The Morgan fingerprint density at radius 3 is 2.64 bits per heavy atom. The van der Waals surface area contributed by atoms with Crippen molar-refractivity contribution >= 4 is 5.91 Å². The first-order valence-corrected chi connectivity index (χ1v) is 5.32. The van der Waals surface area contributed by atoms with Gasteiger partial charge in [0.25, 0.3) is 5.91 Å². The molecule has 1 unspecified atom stereocenters. The van der Waals surface area contributed by atoms with E-state index in [0.717, 1.165) is 19.5 Å². The van der Waals surface area contributed by atoms with Gasteiger partial charge in [-0.15, -0.1) is 0 Å². The number of nitrogens with zero attached hydrogens (tertiary/aromatic N) is 1. The maximum absolute atomic E-state index is 12.0. The zero-order chi connectivity index (χ0) is 10.8. The Kier molecular flexibility index (Phi) is 3.53. The molecule has 1 fully saturated rings. The summed E-state index contributed by atoms with van der Waals surface area (Å²) < 4.78 is 5.20. The van der Waals surface area contributed by atoms with Crippen molar-refractivity contribution in [2.75, 3.05) is 20.2 Å². The molecule has 0 aliphatic carbocycles. The quantitative estimate of drug-likeness (QED) is 0.677. The molecule has 0 aromatic rings. The third kappa shape index (κ3) is 2.47. The van der Waals surface area contributed by atoms with Gasteiger partial charge in [-0.25, -0.2) is 0 Å². The first-order chi connectivity index (χ1) is 6.47. The van der Waals surface area contributed by atoms with E-state index in [1.54, 1.807) is 7.11 Å². The summed E-state index contributed by atoms with van der Waals surface area (Å²) in [4.78, 5) is 13.9. The number of amides is 1. The molecule has 1 rings (SSSR count). The molecule has 1 amide bonds. The molecule has 0 N–H and O–H groups in total. The van der Waals surface area contributed by atoms with E-state index in [-0.39, 0.29) is 5.91 Å². The summed E-state index contributed by atoms with van der Waals surface area (Å²) in [5, 5.41) is 0. The molecule has 1 saturated heterocycles. The molecule has 1 aliphatic rings. The highest BCUT2D eigenvalue weighted by Crippen LogP contribution is 2.20. The van der Waals surface area contributed by atoms with E-state index in [1.807, 2.05) is 18.7 Å². The van der Waals surface area contributed by atoms with Crippen LogP contribution in [0.25, 0.3) is 0 Å². The van der Waals surface area contributed by atoms with Gasteiger partial charge in [0.1, 0.15) is 5.60 Å². The second-order valence-corrected chi connectivity index (χ2v) is 4.71. The lowest BCUT2D eigenvalue weighted by atomic mass is 9.98. The largest absolute Gasteiger partial charge is 0.369 e. The van der Waals surface area contributed by atoms with Gasteiger partial charge in [-0.05, 0) is 32.6 Å². The van der Waals surface area contributed by atoms with E-state index >= 15 is 0 Å². The molecule has 0 aromatic heterocycles. The van der Waals surface area contributed by atoms with Crippen LogP contribution < -0.4 is 0 Å². The number of carbonyl (C=O) groups excluding carboxylic acids is 1. The summed E-state index contributed by atoms with van der Waals surface area (Å²) in [6.07, 6.45) is 2.35. The zero-order valence-electron chi connectivity index (χ0n) is 9.67. The van der Waals surface area contributed by atoms with Crippen LogP contribution in [-0.2, 0) is 9.53 Å². The van der Waals surface area contributed by atoms with Gasteiger partial charge in [0, 0.05) is 20.2 Å². The first-order valence-electron chi connectivity index (χ1n) is 5.32. The highest BCUT2D eigenvalue weighted by molar-refractivity contribution is 5.84. The van der Waals surface area contributed by atoms with Crippen molar-refractivity contribution in [2.45, 2.75) is 39.2 Å². The molecular weight excluding hydrogens is 178 g/mol. The standard InChI is InChI=1S/C11H21NO2/c1-9-6-5-7-12(8-9)10(13)11(2,3)14-4/h9H,5-8H2,1-4H3. The number of rotatable bonds is 2. The SMILES string of the molecule is COC(C)(C)C(=O)N1CCCC(C)C1. The Morgan fingerprint density at radius 2 is 2.14 bits per heavy atom. The summed E-state index contributed by atoms with van der Waals surface area (Å²) in [5.41, 5.74) is -0.670. The molecule has 0 saturated carbocycles. The molecule has 3 nitrogen and oxygen atoms in total. The molecule has 1 aliphatic heterocycles. The van der Waals surface area contributed by atoms with E-state index < -0.39 is 5.60 Å². The number of hydrogen-bond acceptors (Lipinski definition) is 2. The minimum absolute atomic E-state index is 0.117. The predicted octanol–water partition coefficient (Wildman–Crippen LogP) is 1.67. The van der Waals surface area contributed by atoms with Gasteiger partial charge in [-0.3, -0.25) is 4.79 Å². The van der Waals surface area contributed by atoms with Crippen LogP contribution in [0.5, 0.6) is 0 Å². The highest BCUT2D eigenvalue weighted by atomic mass is 16.5. The van der Waals surface area contributed by atoms with Gasteiger partial charge in [0.2, 0.25) is 0 Å². The summed E-state index contributed by atoms with van der Waals surface area (Å²) >= 11 is 0. The van der Waals surface area contributed by atoms with E-state index in [9.17, 15) is 4.79 Å². The molecule has 0 aromatic carbocycles. The van der Waals surface area contributed by atoms with Crippen molar-refractivity contribution in [1.82, 2.24) is 4.90 Å². The predicted molar refractivity (Wildman–Crippen MR) is 56.1 cm³/mol. The van der Waals surface area contributed by atoms with Crippen LogP contribution in [0.2, 0.25) is 0 Å². The summed E-state index contributed by atoms with van der Waals surface area (Å²) in [6, 6.07) is 0. The number of piperidine rings is 1. The Labute approximate surface area is 86.4 Å². The van der Waals surface area contributed by atoms with Crippen molar-refractivity contribution in [1.29, 1.82) is 0 Å². The monoisotopic (exact) mass is 199 g/mol. The fourth-order valence-corrected chi connectivity index (χ4v) is 1.84. The van der Waals surface area contributed by atoms with E-state index in [1.165, 1.54) is 6.42 Å². The van der Waals surface area contributed by atoms with Crippen LogP contribution in [0.3, 0.4) is 0 Å². The highest BCUT2D eigenvalue weighted by Gasteiger charge is 2.33. The van der Waals surface area contributed by atoms with Crippen molar-refractivity contribution in [3.8, 4) is 0 Å². The normalized spacial score (nSPS) is 23.7. The van der Waals surface area contributed by atoms with Gasteiger partial charge < -0.3 is 9.64 Å².